The van der Waals surface area contributed by atoms with E-state index in [1.807, 2.05) is 6.07 Å². The van der Waals surface area contributed by atoms with Gasteiger partial charge in [-0.25, -0.2) is 4.39 Å². The van der Waals surface area contributed by atoms with Gasteiger partial charge in [0.05, 0.1) is 18.7 Å². The number of alkyl halides is 3. The molecule has 1 rings (SSSR count). The SMILES string of the molecule is COc1[c]c(F)cc(C(F)(F)F)c1. The Morgan fingerprint density at radius 1 is 1.31 bits per heavy atom. The van der Waals surface area contributed by atoms with E-state index in [0.717, 1.165) is 7.11 Å². The lowest BCUT2D eigenvalue weighted by atomic mass is 10.2. The molecule has 13 heavy (non-hydrogen) atoms. The summed E-state index contributed by atoms with van der Waals surface area (Å²) in [6, 6.07) is 3.03. The fourth-order valence-corrected chi connectivity index (χ4v) is 0.783. The highest BCUT2D eigenvalue weighted by Gasteiger charge is 2.31. The second-order valence-electron chi connectivity index (χ2n) is 2.28. The van der Waals surface area contributed by atoms with E-state index >= 15 is 0 Å². The Morgan fingerprint density at radius 3 is 2.38 bits per heavy atom. The summed E-state index contributed by atoms with van der Waals surface area (Å²) in [5.74, 6) is -1.36. The lowest BCUT2D eigenvalue weighted by Gasteiger charge is -2.07. The van der Waals surface area contributed by atoms with Crippen molar-refractivity contribution < 1.29 is 22.3 Å². The maximum absolute atomic E-state index is 12.5. The first kappa shape index (κ1) is 9.83. The minimum atomic E-state index is -4.57. The van der Waals surface area contributed by atoms with Crippen LogP contribution in [0.4, 0.5) is 17.6 Å². The molecule has 0 aliphatic heterocycles. The van der Waals surface area contributed by atoms with E-state index in [-0.39, 0.29) is 5.75 Å². The van der Waals surface area contributed by atoms with Crippen LogP contribution in [0.3, 0.4) is 0 Å². The molecule has 1 aromatic rings. The first-order valence-electron chi connectivity index (χ1n) is 3.27. The van der Waals surface area contributed by atoms with Gasteiger partial charge in [0.2, 0.25) is 0 Å². The first-order chi connectivity index (χ1) is 5.93. The summed E-state index contributed by atoms with van der Waals surface area (Å²) in [6.07, 6.45) is -4.57. The summed E-state index contributed by atoms with van der Waals surface area (Å²) in [5.41, 5.74) is -1.08. The Balaban J connectivity index is 3.16. The van der Waals surface area contributed by atoms with Crippen LogP contribution in [-0.2, 0) is 6.18 Å². The van der Waals surface area contributed by atoms with Crippen LogP contribution < -0.4 is 4.74 Å². The maximum atomic E-state index is 12.5. The van der Waals surface area contributed by atoms with Gasteiger partial charge in [-0.1, -0.05) is 0 Å². The van der Waals surface area contributed by atoms with E-state index in [2.05, 4.69) is 4.74 Å². The molecule has 1 radical (unpaired) electrons. The third-order valence-corrected chi connectivity index (χ3v) is 1.36. The Bertz CT molecular complexity index is 306. The second kappa shape index (κ2) is 3.24. The summed E-state index contributed by atoms with van der Waals surface area (Å²) in [6.45, 7) is 0. The standard InChI is InChI=1S/C8H5F4O/c1-13-7-3-5(8(10,11)12)2-6(9)4-7/h2-3H,1H3. The van der Waals surface area contributed by atoms with Crippen molar-refractivity contribution in [1.29, 1.82) is 0 Å². The number of rotatable bonds is 1. The summed E-state index contributed by atoms with van der Waals surface area (Å²) >= 11 is 0. The fraction of sp³-hybridized carbons (Fsp3) is 0.250. The zero-order valence-electron chi connectivity index (χ0n) is 6.57. The van der Waals surface area contributed by atoms with Gasteiger partial charge in [0.15, 0.2) is 0 Å². The average Bonchev–Trinajstić information content (AvgIpc) is 2.01. The van der Waals surface area contributed by atoms with Crippen molar-refractivity contribution >= 4 is 0 Å². The van der Waals surface area contributed by atoms with E-state index in [1.165, 1.54) is 0 Å². The molecule has 0 spiro atoms. The number of hydrogen-bond donors (Lipinski definition) is 0. The molecule has 0 unspecified atom stereocenters. The summed E-state index contributed by atoms with van der Waals surface area (Å²) in [7, 11) is 1.14. The number of methoxy groups -OCH3 is 1. The normalized spacial score (nSPS) is 11.5. The molecule has 0 aliphatic rings. The average molecular weight is 193 g/mol. The molecule has 1 nitrogen and oxygen atoms in total. The van der Waals surface area contributed by atoms with Crippen molar-refractivity contribution in [2.24, 2.45) is 0 Å². The molecule has 0 fully saturated rings. The molecule has 0 N–H and O–H groups in total. The van der Waals surface area contributed by atoms with Crippen molar-refractivity contribution in [2.75, 3.05) is 7.11 Å². The molecule has 0 aliphatic carbocycles. The predicted octanol–water partition coefficient (Wildman–Crippen LogP) is 2.65. The van der Waals surface area contributed by atoms with E-state index < -0.39 is 17.6 Å². The van der Waals surface area contributed by atoms with Crippen molar-refractivity contribution in [1.82, 2.24) is 0 Å². The molecule has 0 atom stereocenters. The van der Waals surface area contributed by atoms with E-state index in [9.17, 15) is 17.6 Å². The van der Waals surface area contributed by atoms with Gasteiger partial charge in [-0.15, -0.1) is 0 Å². The molecule has 0 aromatic heterocycles. The van der Waals surface area contributed by atoms with Crippen LogP contribution in [-0.4, -0.2) is 7.11 Å². The van der Waals surface area contributed by atoms with Gasteiger partial charge >= 0.3 is 6.18 Å². The zero-order valence-corrected chi connectivity index (χ0v) is 6.57. The van der Waals surface area contributed by atoms with Crippen LogP contribution >= 0.6 is 0 Å². The molecule has 5 heteroatoms. The first-order valence-corrected chi connectivity index (χ1v) is 3.27. The van der Waals surface area contributed by atoms with Gasteiger partial charge in [0.1, 0.15) is 11.6 Å². The number of halogens is 4. The number of benzene rings is 1. The third-order valence-electron chi connectivity index (χ3n) is 1.36. The Labute approximate surface area is 71.9 Å². The van der Waals surface area contributed by atoms with Gasteiger partial charge < -0.3 is 4.74 Å². The smallest absolute Gasteiger partial charge is 0.416 e. The highest BCUT2D eigenvalue weighted by Crippen LogP contribution is 2.31. The Hall–Kier alpha value is -1.26. The van der Waals surface area contributed by atoms with Gasteiger partial charge in [0.25, 0.3) is 0 Å². The lowest BCUT2D eigenvalue weighted by Crippen LogP contribution is -2.05. The molecule has 0 bridgehead atoms. The minimum absolute atomic E-state index is 0.271. The monoisotopic (exact) mass is 193 g/mol. The minimum Gasteiger partial charge on any atom is -0.496 e. The van der Waals surface area contributed by atoms with Crippen LogP contribution in [0.5, 0.6) is 5.75 Å². The largest absolute Gasteiger partial charge is 0.496 e. The topological polar surface area (TPSA) is 9.23 Å². The highest BCUT2D eigenvalue weighted by molar-refractivity contribution is 5.30. The van der Waals surface area contributed by atoms with Crippen LogP contribution in [0.15, 0.2) is 12.1 Å². The van der Waals surface area contributed by atoms with Crippen molar-refractivity contribution in [3.05, 3.63) is 29.6 Å². The molecule has 71 valence electrons. The fourth-order valence-electron chi connectivity index (χ4n) is 0.783. The summed E-state index contributed by atoms with van der Waals surface area (Å²) in [4.78, 5) is 0. The van der Waals surface area contributed by atoms with Gasteiger partial charge in [-0.3, -0.25) is 0 Å². The highest BCUT2D eigenvalue weighted by atomic mass is 19.4. The molecular weight excluding hydrogens is 188 g/mol. The van der Waals surface area contributed by atoms with Crippen LogP contribution in [0.2, 0.25) is 0 Å². The van der Waals surface area contributed by atoms with E-state index in [1.54, 1.807) is 0 Å². The third kappa shape index (κ3) is 2.34. The molecular formula is C8H5F4O. The predicted molar refractivity (Wildman–Crippen MR) is 36.8 cm³/mol. The molecule has 0 amide bonds. The lowest BCUT2D eigenvalue weighted by molar-refractivity contribution is -0.137. The Morgan fingerprint density at radius 2 is 1.92 bits per heavy atom. The Kier molecular flexibility index (Phi) is 2.45. The summed E-state index contributed by atoms with van der Waals surface area (Å²) in [5, 5.41) is 0. The molecule has 0 heterocycles. The van der Waals surface area contributed by atoms with Crippen molar-refractivity contribution in [3.63, 3.8) is 0 Å². The van der Waals surface area contributed by atoms with Gasteiger partial charge in [-0.2, -0.15) is 13.2 Å². The van der Waals surface area contributed by atoms with Gasteiger partial charge in [-0.05, 0) is 12.1 Å². The molecule has 1 aromatic carbocycles. The second-order valence-corrected chi connectivity index (χ2v) is 2.28. The van der Waals surface area contributed by atoms with Crippen LogP contribution in [0.25, 0.3) is 0 Å². The van der Waals surface area contributed by atoms with Crippen LogP contribution in [0.1, 0.15) is 5.56 Å². The van der Waals surface area contributed by atoms with E-state index in [4.69, 9.17) is 0 Å². The van der Waals surface area contributed by atoms with Gasteiger partial charge in [0, 0.05) is 0 Å². The molecule has 0 saturated carbocycles. The van der Waals surface area contributed by atoms with E-state index in [0.29, 0.717) is 12.1 Å². The zero-order chi connectivity index (χ0) is 10.1. The number of ether oxygens (including phenoxy) is 1. The van der Waals surface area contributed by atoms with Crippen molar-refractivity contribution in [3.8, 4) is 5.75 Å². The number of hydrogen-bond acceptors (Lipinski definition) is 1. The van der Waals surface area contributed by atoms with Crippen LogP contribution in [0, 0.1) is 11.9 Å². The molecule has 0 saturated heterocycles. The summed E-state index contributed by atoms with van der Waals surface area (Å²) < 4.78 is 53.1. The maximum Gasteiger partial charge on any atom is 0.416 e. The van der Waals surface area contributed by atoms with Crippen molar-refractivity contribution in [2.45, 2.75) is 6.18 Å². The quantitative estimate of drug-likeness (QED) is 0.623.